The molecule has 1 unspecified atom stereocenters. The molecule has 0 saturated carbocycles. The molecule has 0 aliphatic rings. The first-order valence-electron chi connectivity index (χ1n) is 5.13. The fourth-order valence-electron chi connectivity index (χ4n) is 1.45. The third kappa shape index (κ3) is 3.14. The lowest BCUT2D eigenvalue weighted by Gasteiger charge is -2.11. The highest BCUT2D eigenvalue weighted by Gasteiger charge is 2.10. The van der Waals surface area contributed by atoms with E-state index in [2.05, 4.69) is 16.9 Å². The summed E-state index contributed by atoms with van der Waals surface area (Å²) in [5.74, 6) is 0.754. The zero-order chi connectivity index (χ0) is 11.4. The van der Waals surface area contributed by atoms with Gasteiger partial charge in [-0.25, -0.2) is 9.97 Å². The molecule has 1 aromatic heterocycles. The lowest BCUT2D eigenvalue weighted by atomic mass is 10.2. The van der Waals surface area contributed by atoms with Crippen LogP contribution in [0.15, 0.2) is 0 Å². The molecule has 0 aliphatic heterocycles. The van der Waals surface area contributed by atoms with Crippen LogP contribution < -0.4 is 0 Å². The molecule has 0 saturated heterocycles. The lowest BCUT2D eigenvalue weighted by Crippen LogP contribution is -2.13. The second-order valence-electron chi connectivity index (χ2n) is 3.60. The number of nitrogens with zero attached hydrogens (tertiary/aromatic N) is 2. The predicted octanol–water partition coefficient (Wildman–Crippen LogP) is 2.58. The minimum absolute atomic E-state index is 0.118. The standard InChI is InChI=1S/C11H17ClN2O/c1-5-9-8(3)13-10(14-11(9)12)6-7(2)15-4/h7H,5-6H2,1-4H3. The van der Waals surface area contributed by atoms with Gasteiger partial charge >= 0.3 is 0 Å². The average molecular weight is 229 g/mol. The van der Waals surface area contributed by atoms with Crippen molar-refractivity contribution < 1.29 is 4.74 Å². The van der Waals surface area contributed by atoms with E-state index < -0.39 is 0 Å². The highest BCUT2D eigenvalue weighted by Crippen LogP contribution is 2.17. The Morgan fingerprint density at radius 2 is 2.07 bits per heavy atom. The third-order valence-electron chi connectivity index (χ3n) is 2.44. The van der Waals surface area contributed by atoms with Crippen LogP contribution in [0.5, 0.6) is 0 Å². The molecule has 1 rings (SSSR count). The minimum atomic E-state index is 0.118. The summed E-state index contributed by atoms with van der Waals surface area (Å²) in [4.78, 5) is 8.68. The maximum Gasteiger partial charge on any atom is 0.136 e. The van der Waals surface area contributed by atoms with Gasteiger partial charge in [-0.05, 0) is 20.3 Å². The van der Waals surface area contributed by atoms with Gasteiger partial charge in [-0.15, -0.1) is 0 Å². The zero-order valence-corrected chi connectivity index (χ0v) is 10.4. The second kappa shape index (κ2) is 5.42. The summed E-state index contributed by atoms with van der Waals surface area (Å²) in [6.07, 6.45) is 1.68. The summed E-state index contributed by atoms with van der Waals surface area (Å²) in [5, 5.41) is 0.573. The average Bonchev–Trinajstić information content (AvgIpc) is 2.17. The van der Waals surface area contributed by atoms with E-state index in [0.29, 0.717) is 11.6 Å². The van der Waals surface area contributed by atoms with Gasteiger partial charge < -0.3 is 4.74 Å². The van der Waals surface area contributed by atoms with Crippen LogP contribution in [0.2, 0.25) is 5.15 Å². The van der Waals surface area contributed by atoms with Crippen LogP contribution in [0.3, 0.4) is 0 Å². The van der Waals surface area contributed by atoms with Crippen molar-refractivity contribution in [3.8, 4) is 0 Å². The SMILES string of the molecule is CCc1c(C)nc(CC(C)OC)nc1Cl. The van der Waals surface area contributed by atoms with Gasteiger partial charge in [0.2, 0.25) is 0 Å². The van der Waals surface area contributed by atoms with E-state index in [9.17, 15) is 0 Å². The predicted molar refractivity (Wildman–Crippen MR) is 61.3 cm³/mol. The van der Waals surface area contributed by atoms with Gasteiger partial charge in [0.05, 0.1) is 6.10 Å². The highest BCUT2D eigenvalue weighted by molar-refractivity contribution is 6.30. The Labute approximate surface area is 95.8 Å². The number of hydrogen-bond donors (Lipinski definition) is 0. The molecule has 0 aromatic carbocycles. The molecule has 0 spiro atoms. The number of rotatable bonds is 4. The van der Waals surface area contributed by atoms with E-state index in [1.54, 1.807) is 7.11 Å². The number of ether oxygens (including phenoxy) is 1. The molecule has 1 aromatic rings. The van der Waals surface area contributed by atoms with Gasteiger partial charge in [-0.3, -0.25) is 0 Å². The minimum Gasteiger partial charge on any atom is -0.381 e. The summed E-state index contributed by atoms with van der Waals surface area (Å²) in [6, 6.07) is 0. The van der Waals surface area contributed by atoms with Crippen LogP contribution in [0.25, 0.3) is 0 Å². The topological polar surface area (TPSA) is 35.0 Å². The van der Waals surface area contributed by atoms with E-state index in [1.807, 2.05) is 13.8 Å². The van der Waals surface area contributed by atoms with Gasteiger partial charge in [0, 0.05) is 24.8 Å². The molecular weight excluding hydrogens is 212 g/mol. The van der Waals surface area contributed by atoms with Crippen molar-refractivity contribution in [2.24, 2.45) is 0 Å². The fourth-order valence-corrected chi connectivity index (χ4v) is 1.82. The molecule has 0 aliphatic carbocycles. The van der Waals surface area contributed by atoms with Crippen molar-refractivity contribution >= 4 is 11.6 Å². The summed E-state index contributed by atoms with van der Waals surface area (Å²) in [7, 11) is 1.68. The van der Waals surface area contributed by atoms with Crippen molar-refractivity contribution in [3.63, 3.8) is 0 Å². The molecule has 4 heteroatoms. The lowest BCUT2D eigenvalue weighted by molar-refractivity contribution is 0.117. The molecule has 0 amide bonds. The van der Waals surface area contributed by atoms with Gasteiger partial charge in [-0.2, -0.15) is 0 Å². The molecule has 1 atom stereocenters. The molecule has 0 radical (unpaired) electrons. The Morgan fingerprint density at radius 1 is 1.40 bits per heavy atom. The van der Waals surface area contributed by atoms with Crippen LogP contribution in [0.1, 0.15) is 30.9 Å². The van der Waals surface area contributed by atoms with Gasteiger partial charge in [0.15, 0.2) is 0 Å². The van der Waals surface area contributed by atoms with Gasteiger partial charge in [-0.1, -0.05) is 18.5 Å². The number of aromatic nitrogens is 2. The largest absolute Gasteiger partial charge is 0.381 e. The van der Waals surface area contributed by atoms with Crippen molar-refractivity contribution in [3.05, 3.63) is 22.2 Å². The normalized spacial score (nSPS) is 12.9. The molecule has 3 nitrogen and oxygen atoms in total. The molecule has 0 bridgehead atoms. The summed E-state index contributed by atoms with van der Waals surface area (Å²) < 4.78 is 5.17. The number of methoxy groups -OCH3 is 1. The van der Waals surface area contributed by atoms with Crippen LogP contribution in [-0.2, 0) is 17.6 Å². The van der Waals surface area contributed by atoms with Gasteiger partial charge in [0.25, 0.3) is 0 Å². The Morgan fingerprint density at radius 3 is 2.53 bits per heavy atom. The Balaban J connectivity index is 2.93. The molecule has 1 heterocycles. The van der Waals surface area contributed by atoms with E-state index >= 15 is 0 Å². The number of halogens is 1. The van der Waals surface area contributed by atoms with Crippen molar-refractivity contribution in [1.29, 1.82) is 0 Å². The van der Waals surface area contributed by atoms with E-state index in [4.69, 9.17) is 16.3 Å². The van der Waals surface area contributed by atoms with E-state index in [-0.39, 0.29) is 6.10 Å². The summed E-state index contributed by atoms with van der Waals surface area (Å²) in [6.45, 7) is 6.00. The van der Waals surface area contributed by atoms with E-state index in [1.165, 1.54) is 0 Å². The number of aryl methyl sites for hydroxylation is 1. The van der Waals surface area contributed by atoms with Crippen LogP contribution in [-0.4, -0.2) is 23.2 Å². The summed E-state index contributed by atoms with van der Waals surface area (Å²) >= 11 is 6.07. The zero-order valence-electron chi connectivity index (χ0n) is 9.67. The maximum atomic E-state index is 6.07. The molecule has 15 heavy (non-hydrogen) atoms. The second-order valence-corrected chi connectivity index (χ2v) is 3.96. The van der Waals surface area contributed by atoms with Crippen LogP contribution in [0.4, 0.5) is 0 Å². The Kier molecular flexibility index (Phi) is 4.48. The Bertz CT molecular complexity index is 318. The highest BCUT2D eigenvalue weighted by atomic mass is 35.5. The van der Waals surface area contributed by atoms with Crippen LogP contribution in [0, 0.1) is 6.92 Å². The fraction of sp³-hybridized carbons (Fsp3) is 0.636. The third-order valence-corrected chi connectivity index (χ3v) is 2.75. The van der Waals surface area contributed by atoms with Gasteiger partial charge in [0.1, 0.15) is 11.0 Å². The first-order chi connectivity index (χ1) is 7.08. The van der Waals surface area contributed by atoms with Crippen molar-refractivity contribution in [2.75, 3.05) is 7.11 Å². The van der Waals surface area contributed by atoms with Crippen molar-refractivity contribution in [2.45, 2.75) is 39.7 Å². The molecule has 84 valence electrons. The quantitative estimate of drug-likeness (QED) is 0.743. The number of hydrogen-bond acceptors (Lipinski definition) is 3. The Hall–Kier alpha value is -0.670. The van der Waals surface area contributed by atoms with E-state index in [0.717, 1.165) is 23.5 Å². The van der Waals surface area contributed by atoms with Crippen LogP contribution >= 0.6 is 11.6 Å². The molecule has 0 N–H and O–H groups in total. The summed E-state index contributed by atoms with van der Waals surface area (Å²) in [5.41, 5.74) is 2.00. The monoisotopic (exact) mass is 228 g/mol. The maximum absolute atomic E-state index is 6.07. The smallest absolute Gasteiger partial charge is 0.136 e. The first kappa shape index (κ1) is 12.4. The first-order valence-corrected chi connectivity index (χ1v) is 5.51. The van der Waals surface area contributed by atoms with Crippen molar-refractivity contribution in [1.82, 2.24) is 9.97 Å². The molecule has 0 fully saturated rings. The molecular formula is C11H17ClN2O.